The number of aromatic nitrogens is 1. The molecule has 0 saturated carbocycles. The number of benzene rings is 1. The maximum Gasteiger partial charge on any atom is 0.0794 e. The van der Waals surface area contributed by atoms with Crippen LogP contribution in [0, 0.1) is 0 Å². The average molecular weight is 281 g/mol. The second-order valence-electron chi connectivity index (χ2n) is 4.21. The van der Waals surface area contributed by atoms with Gasteiger partial charge in [-0.1, -0.05) is 36.7 Å². The Morgan fingerprint density at radius 2 is 2.22 bits per heavy atom. The van der Waals surface area contributed by atoms with E-state index in [0.29, 0.717) is 6.04 Å². The van der Waals surface area contributed by atoms with Gasteiger partial charge in [-0.25, -0.2) is 0 Å². The molecule has 0 aliphatic carbocycles. The molecular formula is C14H17ClN2S. The smallest absolute Gasteiger partial charge is 0.0794 e. The van der Waals surface area contributed by atoms with Gasteiger partial charge in [0, 0.05) is 22.1 Å². The molecule has 18 heavy (non-hydrogen) atoms. The third-order valence-electron chi connectivity index (χ3n) is 2.82. The van der Waals surface area contributed by atoms with Crippen molar-refractivity contribution in [1.82, 2.24) is 10.3 Å². The molecule has 0 saturated heterocycles. The van der Waals surface area contributed by atoms with Crippen molar-refractivity contribution in [2.24, 2.45) is 0 Å². The first-order valence-corrected chi connectivity index (χ1v) is 7.42. The Hall–Kier alpha value is -0.900. The molecule has 1 atom stereocenters. The van der Waals surface area contributed by atoms with E-state index in [4.69, 9.17) is 11.6 Å². The van der Waals surface area contributed by atoms with Gasteiger partial charge in [0.15, 0.2) is 0 Å². The fourth-order valence-corrected chi connectivity index (χ4v) is 2.78. The van der Waals surface area contributed by atoms with Crippen molar-refractivity contribution < 1.29 is 0 Å². The van der Waals surface area contributed by atoms with Crippen LogP contribution in [-0.2, 0) is 6.42 Å². The van der Waals surface area contributed by atoms with Gasteiger partial charge in [0.2, 0.25) is 0 Å². The van der Waals surface area contributed by atoms with Crippen LogP contribution in [0.1, 0.15) is 29.8 Å². The number of nitrogens with zero attached hydrogens (tertiary/aromatic N) is 1. The molecular weight excluding hydrogens is 264 g/mol. The largest absolute Gasteiger partial charge is 0.309 e. The second-order valence-corrected chi connectivity index (χ2v) is 5.53. The summed E-state index contributed by atoms with van der Waals surface area (Å²) < 4.78 is 0. The Morgan fingerprint density at radius 3 is 2.89 bits per heavy atom. The molecule has 0 fully saturated rings. The number of nitrogens with one attached hydrogen (secondary N) is 1. The fraction of sp³-hybridized carbons (Fsp3) is 0.357. The molecule has 0 spiro atoms. The molecule has 0 radical (unpaired) electrons. The third-order valence-corrected chi connectivity index (χ3v) is 4.08. The first-order chi connectivity index (χ1) is 8.81. The molecule has 1 unspecified atom stereocenters. The highest BCUT2D eigenvalue weighted by molar-refractivity contribution is 7.09. The summed E-state index contributed by atoms with van der Waals surface area (Å²) in [5, 5.41) is 4.40. The minimum atomic E-state index is 0.303. The van der Waals surface area contributed by atoms with Gasteiger partial charge in [-0.15, -0.1) is 11.3 Å². The lowest BCUT2D eigenvalue weighted by atomic mass is 10.0. The normalized spacial score (nSPS) is 12.6. The molecule has 0 bridgehead atoms. The van der Waals surface area contributed by atoms with Crippen molar-refractivity contribution in [3.63, 3.8) is 0 Å². The van der Waals surface area contributed by atoms with Crippen LogP contribution in [0.3, 0.4) is 0 Å². The zero-order chi connectivity index (χ0) is 12.8. The van der Waals surface area contributed by atoms with Crippen LogP contribution in [0.4, 0.5) is 0 Å². The molecule has 1 N–H and O–H groups in total. The van der Waals surface area contributed by atoms with Gasteiger partial charge < -0.3 is 5.32 Å². The van der Waals surface area contributed by atoms with E-state index in [-0.39, 0.29) is 0 Å². The third kappa shape index (κ3) is 3.55. The van der Waals surface area contributed by atoms with Gasteiger partial charge in [-0.05, 0) is 31.0 Å². The highest BCUT2D eigenvalue weighted by Crippen LogP contribution is 2.25. The predicted octanol–water partition coefficient (Wildman–Crippen LogP) is 4.08. The summed E-state index contributed by atoms with van der Waals surface area (Å²) in [6.07, 6.45) is 3.97. The zero-order valence-corrected chi connectivity index (χ0v) is 12.0. The molecule has 1 aromatic heterocycles. The van der Waals surface area contributed by atoms with Crippen LogP contribution in [0.15, 0.2) is 36.0 Å². The number of hydrogen-bond acceptors (Lipinski definition) is 3. The predicted molar refractivity (Wildman–Crippen MR) is 78.3 cm³/mol. The van der Waals surface area contributed by atoms with E-state index in [1.807, 2.05) is 29.9 Å². The van der Waals surface area contributed by atoms with Crippen LogP contribution >= 0.6 is 22.9 Å². The summed E-state index contributed by atoms with van der Waals surface area (Å²) in [6, 6.07) is 8.33. The average Bonchev–Trinajstić information content (AvgIpc) is 2.90. The summed E-state index contributed by atoms with van der Waals surface area (Å²) >= 11 is 7.91. The van der Waals surface area contributed by atoms with Crippen molar-refractivity contribution in [3.05, 3.63) is 51.4 Å². The monoisotopic (exact) mass is 280 g/mol. The van der Waals surface area contributed by atoms with Crippen LogP contribution in [0.25, 0.3) is 0 Å². The van der Waals surface area contributed by atoms with E-state index in [2.05, 4.69) is 23.3 Å². The van der Waals surface area contributed by atoms with E-state index >= 15 is 0 Å². The van der Waals surface area contributed by atoms with Crippen molar-refractivity contribution in [1.29, 1.82) is 0 Å². The Bertz CT molecular complexity index is 470. The first-order valence-electron chi connectivity index (χ1n) is 6.16. The SMILES string of the molecule is CCCNC(Cc1ccccc1Cl)c1cncs1. The molecule has 2 aromatic rings. The van der Waals surface area contributed by atoms with Crippen molar-refractivity contribution >= 4 is 22.9 Å². The summed E-state index contributed by atoms with van der Waals surface area (Å²) in [7, 11) is 0. The maximum absolute atomic E-state index is 6.22. The topological polar surface area (TPSA) is 24.9 Å². The quantitative estimate of drug-likeness (QED) is 0.862. The molecule has 0 amide bonds. The molecule has 1 aromatic carbocycles. The number of hydrogen-bond donors (Lipinski definition) is 1. The second kappa shape index (κ2) is 6.88. The Balaban J connectivity index is 2.13. The van der Waals surface area contributed by atoms with Crippen molar-refractivity contribution in [3.8, 4) is 0 Å². The summed E-state index contributed by atoms with van der Waals surface area (Å²) in [4.78, 5) is 5.43. The lowest BCUT2D eigenvalue weighted by Gasteiger charge is -2.17. The van der Waals surface area contributed by atoms with Crippen LogP contribution < -0.4 is 5.32 Å². The van der Waals surface area contributed by atoms with E-state index < -0.39 is 0 Å². The molecule has 2 rings (SSSR count). The molecule has 4 heteroatoms. The highest BCUT2D eigenvalue weighted by Gasteiger charge is 2.14. The lowest BCUT2D eigenvalue weighted by molar-refractivity contribution is 0.536. The van der Waals surface area contributed by atoms with Gasteiger partial charge in [-0.2, -0.15) is 0 Å². The Labute approximate surface area is 117 Å². The molecule has 96 valence electrons. The van der Waals surface area contributed by atoms with Gasteiger partial charge >= 0.3 is 0 Å². The number of rotatable bonds is 6. The van der Waals surface area contributed by atoms with Gasteiger partial charge in [0.05, 0.1) is 5.51 Å². The van der Waals surface area contributed by atoms with Crippen LogP contribution in [0.5, 0.6) is 0 Å². The summed E-state index contributed by atoms with van der Waals surface area (Å²) in [6.45, 7) is 3.18. The summed E-state index contributed by atoms with van der Waals surface area (Å²) in [5.74, 6) is 0. The Morgan fingerprint density at radius 1 is 1.39 bits per heavy atom. The van der Waals surface area contributed by atoms with Gasteiger partial charge in [-0.3, -0.25) is 4.98 Å². The summed E-state index contributed by atoms with van der Waals surface area (Å²) in [5.41, 5.74) is 3.06. The zero-order valence-electron chi connectivity index (χ0n) is 10.4. The molecule has 0 aliphatic heterocycles. The minimum Gasteiger partial charge on any atom is -0.309 e. The highest BCUT2D eigenvalue weighted by atomic mass is 35.5. The van der Waals surface area contributed by atoms with E-state index in [1.165, 1.54) is 10.4 Å². The van der Waals surface area contributed by atoms with Crippen LogP contribution in [-0.4, -0.2) is 11.5 Å². The number of thiazole rings is 1. The van der Waals surface area contributed by atoms with Crippen LogP contribution in [0.2, 0.25) is 5.02 Å². The van der Waals surface area contributed by atoms with E-state index in [9.17, 15) is 0 Å². The van der Waals surface area contributed by atoms with Gasteiger partial charge in [0.25, 0.3) is 0 Å². The minimum absolute atomic E-state index is 0.303. The first kappa shape index (κ1) is 13.5. The van der Waals surface area contributed by atoms with E-state index in [0.717, 1.165) is 24.4 Å². The molecule has 0 aliphatic rings. The number of halogens is 1. The van der Waals surface area contributed by atoms with Crippen molar-refractivity contribution in [2.75, 3.05) is 6.54 Å². The molecule has 1 heterocycles. The molecule has 2 nitrogen and oxygen atoms in total. The van der Waals surface area contributed by atoms with E-state index in [1.54, 1.807) is 11.3 Å². The van der Waals surface area contributed by atoms with Gasteiger partial charge in [0.1, 0.15) is 0 Å². The standard InChI is InChI=1S/C14H17ClN2S/c1-2-7-17-13(14-9-16-10-18-14)8-11-5-3-4-6-12(11)15/h3-6,9-10,13,17H,2,7-8H2,1H3. The lowest BCUT2D eigenvalue weighted by Crippen LogP contribution is -2.23. The van der Waals surface area contributed by atoms with Crippen molar-refractivity contribution in [2.45, 2.75) is 25.8 Å². The fourth-order valence-electron chi connectivity index (χ4n) is 1.87. The maximum atomic E-state index is 6.22. The Kier molecular flexibility index (Phi) is 5.17.